The van der Waals surface area contributed by atoms with E-state index in [1.54, 1.807) is 11.3 Å². The van der Waals surface area contributed by atoms with E-state index in [9.17, 15) is 4.79 Å². The van der Waals surface area contributed by atoms with Crippen LogP contribution in [0.15, 0.2) is 24.3 Å². The van der Waals surface area contributed by atoms with Crippen LogP contribution in [0.4, 0.5) is 11.5 Å². The lowest BCUT2D eigenvalue weighted by molar-refractivity contribution is 0.0949. The van der Waals surface area contributed by atoms with Gasteiger partial charge in [-0.05, 0) is 49.9 Å². The number of carbonyl (C=O) groups excluding carboxylic acids is 1. The van der Waals surface area contributed by atoms with Gasteiger partial charge in [-0.1, -0.05) is 6.92 Å². The maximum absolute atomic E-state index is 12.5. The van der Waals surface area contributed by atoms with Gasteiger partial charge in [-0.2, -0.15) is 0 Å². The van der Waals surface area contributed by atoms with Crippen LogP contribution in [0.5, 0.6) is 0 Å². The number of piperidine rings is 1. The molecular weight excluding hydrogens is 356 g/mol. The fourth-order valence-electron chi connectivity index (χ4n) is 4.13. The van der Waals surface area contributed by atoms with E-state index in [1.165, 1.54) is 12.8 Å². The van der Waals surface area contributed by atoms with Crippen LogP contribution in [-0.2, 0) is 0 Å². The number of hydrogen-bond acceptors (Lipinski definition) is 5. The molecule has 1 aromatic carbocycles. The van der Waals surface area contributed by atoms with Crippen LogP contribution in [0.25, 0.3) is 21.0 Å². The molecule has 27 heavy (non-hydrogen) atoms. The molecule has 0 spiro atoms. The van der Waals surface area contributed by atoms with Crippen molar-refractivity contribution in [3.63, 3.8) is 0 Å². The van der Waals surface area contributed by atoms with Gasteiger partial charge in [0, 0.05) is 41.1 Å². The second-order valence-electron chi connectivity index (χ2n) is 7.91. The third-order valence-corrected chi connectivity index (χ3v) is 6.94. The molecule has 4 heterocycles. The number of anilines is 2. The summed E-state index contributed by atoms with van der Waals surface area (Å²) in [7, 11) is 0. The van der Waals surface area contributed by atoms with Crippen molar-refractivity contribution in [2.75, 3.05) is 29.9 Å². The van der Waals surface area contributed by atoms with E-state index in [-0.39, 0.29) is 11.9 Å². The van der Waals surface area contributed by atoms with Gasteiger partial charge in [0.15, 0.2) is 0 Å². The summed E-state index contributed by atoms with van der Waals surface area (Å²) in [6.07, 6.45) is 2.46. The average Bonchev–Trinajstić information content (AvgIpc) is 2.99. The molecule has 5 nitrogen and oxygen atoms in total. The van der Waals surface area contributed by atoms with Crippen molar-refractivity contribution in [3.8, 4) is 0 Å². The summed E-state index contributed by atoms with van der Waals surface area (Å²) in [4.78, 5) is 20.7. The maximum Gasteiger partial charge on any atom is 0.263 e. The monoisotopic (exact) mass is 380 g/mol. The summed E-state index contributed by atoms with van der Waals surface area (Å²) in [5, 5.41) is 8.79. The van der Waals surface area contributed by atoms with Gasteiger partial charge < -0.3 is 15.5 Å². The number of benzene rings is 1. The van der Waals surface area contributed by atoms with Gasteiger partial charge >= 0.3 is 0 Å². The summed E-state index contributed by atoms with van der Waals surface area (Å²) >= 11 is 1.56. The quantitative estimate of drug-likeness (QED) is 0.663. The number of thiophene rings is 1. The Morgan fingerprint density at radius 3 is 2.78 bits per heavy atom. The van der Waals surface area contributed by atoms with Gasteiger partial charge in [0.25, 0.3) is 5.91 Å². The number of rotatable bonds is 1. The predicted octanol–water partition coefficient (Wildman–Crippen LogP) is 4.23. The SMILES string of the molecule is CC1CCN(c2ccc3c(ccc4sc5c(c43)NC[C@@H](C)NC5=O)n2)CC1. The molecule has 0 bridgehead atoms. The summed E-state index contributed by atoms with van der Waals surface area (Å²) in [5.41, 5.74) is 1.96. The summed E-state index contributed by atoms with van der Waals surface area (Å²) < 4.78 is 1.13. The largest absolute Gasteiger partial charge is 0.381 e. The lowest BCUT2D eigenvalue weighted by Gasteiger charge is -2.31. The highest BCUT2D eigenvalue weighted by Gasteiger charge is 2.25. The first-order valence-corrected chi connectivity index (χ1v) is 10.6. The Labute approximate surface area is 162 Å². The molecule has 5 rings (SSSR count). The molecule has 1 atom stereocenters. The highest BCUT2D eigenvalue weighted by molar-refractivity contribution is 7.21. The molecule has 140 valence electrons. The minimum Gasteiger partial charge on any atom is -0.381 e. The van der Waals surface area contributed by atoms with Crippen LogP contribution >= 0.6 is 11.3 Å². The highest BCUT2D eigenvalue weighted by Crippen LogP contribution is 2.41. The number of aromatic nitrogens is 1. The molecule has 6 heteroatoms. The molecule has 3 aromatic rings. The zero-order valence-corrected chi connectivity index (χ0v) is 16.5. The van der Waals surface area contributed by atoms with Crippen molar-refractivity contribution in [2.24, 2.45) is 5.92 Å². The fourth-order valence-corrected chi connectivity index (χ4v) is 5.23. The van der Waals surface area contributed by atoms with Gasteiger partial charge in [-0.25, -0.2) is 4.98 Å². The molecule has 0 aliphatic carbocycles. The smallest absolute Gasteiger partial charge is 0.263 e. The lowest BCUT2D eigenvalue weighted by atomic mass is 9.99. The van der Waals surface area contributed by atoms with Gasteiger partial charge in [0.1, 0.15) is 10.7 Å². The van der Waals surface area contributed by atoms with Crippen molar-refractivity contribution >= 4 is 49.7 Å². The number of carbonyl (C=O) groups is 1. The summed E-state index contributed by atoms with van der Waals surface area (Å²) in [6.45, 7) is 7.24. The van der Waals surface area contributed by atoms with Crippen LogP contribution in [-0.4, -0.2) is 36.6 Å². The molecule has 1 amide bonds. The second-order valence-corrected chi connectivity index (χ2v) is 8.96. The topological polar surface area (TPSA) is 57.3 Å². The zero-order valence-electron chi connectivity index (χ0n) is 15.7. The van der Waals surface area contributed by atoms with Crippen molar-refractivity contribution < 1.29 is 4.79 Å². The third-order valence-electron chi connectivity index (χ3n) is 5.78. The van der Waals surface area contributed by atoms with E-state index < -0.39 is 0 Å². The van der Waals surface area contributed by atoms with E-state index in [2.05, 4.69) is 46.7 Å². The van der Waals surface area contributed by atoms with Crippen LogP contribution in [0.1, 0.15) is 36.4 Å². The molecule has 2 N–H and O–H groups in total. The van der Waals surface area contributed by atoms with E-state index in [4.69, 9.17) is 4.98 Å². The molecule has 0 unspecified atom stereocenters. The molecule has 0 saturated carbocycles. The Morgan fingerprint density at radius 1 is 1.15 bits per heavy atom. The molecule has 0 radical (unpaired) electrons. The minimum atomic E-state index is 0.0175. The number of hydrogen-bond donors (Lipinski definition) is 2. The summed E-state index contributed by atoms with van der Waals surface area (Å²) in [5.74, 6) is 1.89. The molecular formula is C21H24N4OS. The van der Waals surface area contributed by atoms with Crippen LogP contribution in [0.3, 0.4) is 0 Å². The first-order valence-electron chi connectivity index (χ1n) is 9.76. The molecule has 1 fully saturated rings. The van der Waals surface area contributed by atoms with Gasteiger partial charge in [-0.3, -0.25) is 4.79 Å². The Kier molecular flexibility index (Phi) is 3.97. The fraction of sp³-hybridized carbons (Fsp3) is 0.429. The number of pyridine rings is 1. The standard InChI is InChI=1S/C21H24N4OS/c1-12-7-9-25(10-8-12)17-6-3-14-15(24-17)4-5-16-18(14)19-20(27-16)21(26)23-13(2)11-22-19/h3-6,12-13,22H,7-11H2,1-2H3,(H,23,26)/t13-/m1/s1. The van der Waals surface area contributed by atoms with Crippen molar-refractivity contribution in [1.29, 1.82) is 0 Å². The molecule has 1 saturated heterocycles. The summed E-state index contributed by atoms with van der Waals surface area (Å²) in [6, 6.07) is 8.63. The van der Waals surface area contributed by atoms with Crippen molar-refractivity contribution in [1.82, 2.24) is 10.3 Å². The van der Waals surface area contributed by atoms with Crippen LogP contribution in [0.2, 0.25) is 0 Å². The molecule has 2 aliphatic rings. The van der Waals surface area contributed by atoms with Crippen LogP contribution < -0.4 is 15.5 Å². The van der Waals surface area contributed by atoms with E-state index in [1.807, 2.05) is 6.92 Å². The number of nitrogens with zero attached hydrogens (tertiary/aromatic N) is 2. The highest BCUT2D eigenvalue weighted by atomic mass is 32.1. The molecule has 2 aromatic heterocycles. The Hall–Kier alpha value is -2.34. The first-order chi connectivity index (χ1) is 13.1. The van der Waals surface area contributed by atoms with Gasteiger partial charge in [-0.15, -0.1) is 11.3 Å². The van der Waals surface area contributed by atoms with Crippen LogP contribution in [0, 0.1) is 5.92 Å². The number of fused-ring (bicyclic) bond motifs is 5. The first kappa shape index (κ1) is 16.8. The van der Waals surface area contributed by atoms with Crippen molar-refractivity contribution in [2.45, 2.75) is 32.7 Å². The average molecular weight is 381 g/mol. The van der Waals surface area contributed by atoms with Gasteiger partial charge in [0.2, 0.25) is 0 Å². The normalized spacial score (nSPS) is 21.0. The maximum atomic E-state index is 12.5. The minimum absolute atomic E-state index is 0.0175. The van der Waals surface area contributed by atoms with Gasteiger partial charge in [0.05, 0.1) is 11.2 Å². The Bertz CT molecular complexity index is 1040. The Morgan fingerprint density at radius 2 is 1.96 bits per heavy atom. The van der Waals surface area contributed by atoms with E-state index >= 15 is 0 Å². The number of nitrogens with one attached hydrogen (secondary N) is 2. The van der Waals surface area contributed by atoms with Crippen molar-refractivity contribution in [3.05, 3.63) is 29.1 Å². The predicted molar refractivity (Wildman–Crippen MR) is 113 cm³/mol. The third kappa shape index (κ3) is 2.83. The lowest BCUT2D eigenvalue weighted by Crippen LogP contribution is -2.34. The second kappa shape index (κ2) is 6.37. The van der Waals surface area contributed by atoms with E-state index in [0.29, 0.717) is 0 Å². The number of amides is 1. The zero-order chi connectivity index (χ0) is 18.5. The molecule has 2 aliphatic heterocycles. The Balaban J connectivity index is 1.62. The van der Waals surface area contributed by atoms with E-state index in [0.717, 1.165) is 62.9 Å².